The molecule has 1 saturated heterocycles. The molecule has 88 valence electrons. The van der Waals surface area contributed by atoms with Crippen LogP contribution < -0.4 is 0 Å². The van der Waals surface area contributed by atoms with Crippen molar-refractivity contribution in [2.24, 2.45) is 5.41 Å². The number of fused-ring (bicyclic) bond motifs is 1. The molecule has 0 N–H and O–H groups in total. The van der Waals surface area contributed by atoms with Crippen LogP contribution in [0.2, 0.25) is 0 Å². The van der Waals surface area contributed by atoms with E-state index in [9.17, 15) is 0 Å². The van der Waals surface area contributed by atoms with Crippen molar-refractivity contribution in [3.63, 3.8) is 0 Å². The lowest BCUT2D eigenvalue weighted by Gasteiger charge is -2.40. The van der Waals surface area contributed by atoms with Gasteiger partial charge in [-0.1, -0.05) is 13.0 Å². The first-order valence-electron chi connectivity index (χ1n) is 6.94. The van der Waals surface area contributed by atoms with Gasteiger partial charge in [0.05, 0.1) is 0 Å². The Labute approximate surface area is 99.2 Å². The molecule has 1 atom stereocenters. The van der Waals surface area contributed by atoms with Gasteiger partial charge in [0.1, 0.15) is 0 Å². The third kappa shape index (κ3) is 1.70. The van der Waals surface area contributed by atoms with Gasteiger partial charge in [0.2, 0.25) is 0 Å². The molecule has 0 amide bonds. The summed E-state index contributed by atoms with van der Waals surface area (Å²) in [7, 11) is 0. The van der Waals surface area contributed by atoms with Crippen LogP contribution >= 0.6 is 0 Å². The van der Waals surface area contributed by atoms with Crippen LogP contribution in [0.5, 0.6) is 0 Å². The number of rotatable bonds is 1. The molecule has 0 unspecified atom stereocenters. The van der Waals surface area contributed by atoms with E-state index >= 15 is 0 Å². The summed E-state index contributed by atoms with van der Waals surface area (Å²) in [5.74, 6) is 0. The lowest BCUT2D eigenvalue weighted by Crippen LogP contribution is -2.29. The highest BCUT2D eigenvalue weighted by molar-refractivity contribution is 5.34. The average Bonchev–Trinajstić information content (AvgIpc) is 2.81. The van der Waals surface area contributed by atoms with Crippen molar-refractivity contribution in [2.75, 3.05) is 13.1 Å². The molecule has 0 aromatic carbocycles. The van der Waals surface area contributed by atoms with Crippen LogP contribution in [-0.4, -0.2) is 18.0 Å². The van der Waals surface area contributed by atoms with Crippen molar-refractivity contribution in [1.82, 2.24) is 4.90 Å². The number of likely N-dealkylation sites (tertiary alicyclic amines) is 1. The summed E-state index contributed by atoms with van der Waals surface area (Å²) in [6.07, 6.45) is 14.6. The van der Waals surface area contributed by atoms with Gasteiger partial charge >= 0.3 is 0 Å². The standard InChI is InChI=1S/C15H23N/c1-15-8-3-2-6-13(15)12-14(7-9-15)16-10-4-5-11-16/h6,12H,2-5,7-11H2,1H3/t15-/m1/s1. The zero-order chi connectivity index (χ0) is 11.0. The summed E-state index contributed by atoms with van der Waals surface area (Å²) in [5, 5.41) is 0. The molecule has 0 aromatic rings. The summed E-state index contributed by atoms with van der Waals surface area (Å²) in [6, 6.07) is 0. The minimum Gasteiger partial charge on any atom is -0.375 e. The molecule has 0 spiro atoms. The van der Waals surface area contributed by atoms with E-state index in [0.29, 0.717) is 5.41 Å². The Hall–Kier alpha value is -0.720. The maximum Gasteiger partial charge on any atom is 0.0175 e. The van der Waals surface area contributed by atoms with Crippen LogP contribution in [0.3, 0.4) is 0 Å². The molecule has 2 aliphatic carbocycles. The molecule has 16 heavy (non-hydrogen) atoms. The normalized spacial score (nSPS) is 34.4. The van der Waals surface area contributed by atoms with Crippen LogP contribution in [0.1, 0.15) is 51.9 Å². The molecular weight excluding hydrogens is 194 g/mol. The van der Waals surface area contributed by atoms with Crippen LogP contribution in [0.4, 0.5) is 0 Å². The van der Waals surface area contributed by atoms with Crippen LogP contribution in [0.15, 0.2) is 23.4 Å². The van der Waals surface area contributed by atoms with E-state index in [1.165, 1.54) is 58.0 Å². The zero-order valence-electron chi connectivity index (χ0n) is 10.5. The maximum atomic E-state index is 2.62. The van der Waals surface area contributed by atoms with Gasteiger partial charge in [0, 0.05) is 18.8 Å². The predicted octanol–water partition coefficient (Wildman–Crippen LogP) is 3.88. The van der Waals surface area contributed by atoms with Crippen molar-refractivity contribution in [3.8, 4) is 0 Å². The molecule has 1 heterocycles. The van der Waals surface area contributed by atoms with Gasteiger partial charge in [-0.2, -0.15) is 0 Å². The van der Waals surface area contributed by atoms with Crippen molar-refractivity contribution in [3.05, 3.63) is 23.4 Å². The van der Waals surface area contributed by atoms with Gasteiger partial charge in [-0.15, -0.1) is 0 Å². The monoisotopic (exact) mass is 217 g/mol. The zero-order valence-corrected chi connectivity index (χ0v) is 10.5. The third-order valence-corrected chi connectivity index (χ3v) is 4.76. The summed E-state index contributed by atoms with van der Waals surface area (Å²) < 4.78 is 0. The molecule has 0 bridgehead atoms. The smallest absolute Gasteiger partial charge is 0.0175 e. The third-order valence-electron chi connectivity index (χ3n) is 4.76. The predicted molar refractivity (Wildman–Crippen MR) is 68.2 cm³/mol. The molecule has 1 fully saturated rings. The Balaban J connectivity index is 1.85. The highest BCUT2D eigenvalue weighted by atomic mass is 15.1. The molecule has 1 aliphatic heterocycles. The lowest BCUT2D eigenvalue weighted by molar-refractivity contribution is 0.284. The van der Waals surface area contributed by atoms with Crippen molar-refractivity contribution in [1.29, 1.82) is 0 Å². The fourth-order valence-corrected chi connectivity index (χ4v) is 3.55. The molecular formula is C15H23N. The van der Waals surface area contributed by atoms with E-state index in [0.717, 1.165) is 0 Å². The van der Waals surface area contributed by atoms with Crippen LogP contribution in [0.25, 0.3) is 0 Å². The topological polar surface area (TPSA) is 3.24 Å². The van der Waals surface area contributed by atoms with E-state index in [1.54, 1.807) is 11.3 Å². The quantitative estimate of drug-likeness (QED) is 0.644. The van der Waals surface area contributed by atoms with Gasteiger partial charge in [-0.3, -0.25) is 0 Å². The molecule has 1 heteroatoms. The highest BCUT2D eigenvalue weighted by Crippen LogP contribution is 2.46. The van der Waals surface area contributed by atoms with Gasteiger partial charge in [0.25, 0.3) is 0 Å². The van der Waals surface area contributed by atoms with Gasteiger partial charge in [0.15, 0.2) is 0 Å². The second-order valence-electron chi connectivity index (χ2n) is 5.94. The van der Waals surface area contributed by atoms with E-state index in [4.69, 9.17) is 0 Å². The Morgan fingerprint density at radius 1 is 1.12 bits per heavy atom. The first kappa shape index (κ1) is 10.4. The van der Waals surface area contributed by atoms with Gasteiger partial charge < -0.3 is 4.90 Å². The SMILES string of the molecule is C[C@]12CCCC=C1C=C(N1CCCC1)CC2. The van der Waals surface area contributed by atoms with E-state index < -0.39 is 0 Å². The number of hydrogen-bond acceptors (Lipinski definition) is 1. The summed E-state index contributed by atoms with van der Waals surface area (Å²) in [4.78, 5) is 2.62. The summed E-state index contributed by atoms with van der Waals surface area (Å²) in [5.41, 5.74) is 3.79. The van der Waals surface area contributed by atoms with Gasteiger partial charge in [-0.05, 0) is 62.0 Å². The lowest BCUT2D eigenvalue weighted by atomic mass is 9.68. The minimum absolute atomic E-state index is 0.515. The summed E-state index contributed by atoms with van der Waals surface area (Å²) >= 11 is 0. The van der Waals surface area contributed by atoms with E-state index in [1.807, 2.05) is 0 Å². The van der Waals surface area contributed by atoms with E-state index in [-0.39, 0.29) is 0 Å². The Bertz CT molecular complexity index is 333. The molecule has 0 aromatic heterocycles. The molecule has 1 nitrogen and oxygen atoms in total. The number of nitrogens with zero attached hydrogens (tertiary/aromatic N) is 1. The molecule has 3 rings (SSSR count). The second-order valence-corrected chi connectivity index (χ2v) is 5.94. The molecule has 3 aliphatic rings. The van der Waals surface area contributed by atoms with Crippen molar-refractivity contribution < 1.29 is 0 Å². The van der Waals surface area contributed by atoms with E-state index in [2.05, 4.69) is 24.0 Å². The Morgan fingerprint density at radius 3 is 2.75 bits per heavy atom. The average molecular weight is 217 g/mol. The fourth-order valence-electron chi connectivity index (χ4n) is 3.55. The van der Waals surface area contributed by atoms with Crippen LogP contribution in [-0.2, 0) is 0 Å². The Morgan fingerprint density at radius 2 is 1.94 bits per heavy atom. The van der Waals surface area contributed by atoms with Crippen LogP contribution in [0, 0.1) is 5.41 Å². The fraction of sp³-hybridized carbons (Fsp3) is 0.733. The molecule has 0 radical (unpaired) electrons. The number of hydrogen-bond donors (Lipinski definition) is 0. The first-order valence-corrected chi connectivity index (χ1v) is 6.94. The van der Waals surface area contributed by atoms with Crippen molar-refractivity contribution >= 4 is 0 Å². The first-order chi connectivity index (χ1) is 7.78. The van der Waals surface area contributed by atoms with Crippen molar-refractivity contribution in [2.45, 2.75) is 51.9 Å². The minimum atomic E-state index is 0.515. The Kier molecular flexibility index (Phi) is 2.57. The molecule has 0 saturated carbocycles. The van der Waals surface area contributed by atoms with Gasteiger partial charge in [-0.25, -0.2) is 0 Å². The number of allylic oxidation sites excluding steroid dienone is 4. The highest BCUT2D eigenvalue weighted by Gasteiger charge is 2.33. The summed E-state index contributed by atoms with van der Waals surface area (Å²) in [6.45, 7) is 5.07. The second kappa shape index (κ2) is 3.94. The largest absolute Gasteiger partial charge is 0.375 e. The maximum absolute atomic E-state index is 2.62.